The van der Waals surface area contributed by atoms with Crippen molar-refractivity contribution in [3.05, 3.63) is 41.2 Å². The van der Waals surface area contributed by atoms with Crippen LogP contribution in [-0.2, 0) is 11.2 Å². The summed E-state index contributed by atoms with van der Waals surface area (Å²) in [6.07, 6.45) is 4.69. The Hall–Kier alpha value is -2.21. The minimum absolute atomic E-state index is 0.118. The van der Waals surface area contributed by atoms with Crippen LogP contribution in [0.3, 0.4) is 0 Å². The van der Waals surface area contributed by atoms with E-state index in [1.165, 1.54) is 0 Å². The molecule has 1 unspecified atom stereocenters. The zero-order chi connectivity index (χ0) is 16.5. The van der Waals surface area contributed by atoms with Crippen molar-refractivity contribution in [2.75, 3.05) is 26.3 Å². The van der Waals surface area contributed by atoms with Gasteiger partial charge in [0.05, 0.1) is 23.7 Å². The third kappa shape index (κ3) is 3.06. The Morgan fingerprint density at radius 3 is 2.92 bits per heavy atom. The number of nitrogens with zero attached hydrogens (tertiary/aromatic N) is 3. The zero-order valence-electron chi connectivity index (χ0n) is 13.2. The van der Waals surface area contributed by atoms with Gasteiger partial charge in [-0.25, -0.2) is 0 Å². The SMILES string of the molecule is O=C(Cc1ccc2c(c1)OCCO2)N1CCC(n2cc(Cl)cn2)C1. The molecule has 1 fully saturated rings. The summed E-state index contributed by atoms with van der Waals surface area (Å²) in [4.78, 5) is 14.4. The predicted octanol–water partition coefficient (Wildman–Crippen LogP) is 2.32. The Labute approximate surface area is 144 Å². The minimum Gasteiger partial charge on any atom is -0.486 e. The van der Waals surface area contributed by atoms with Gasteiger partial charge in [0.25, 0.3) is 0 Å². The first kappa shape index (κ1) is 15.3. The van der Waals surface area contributed by atoms with Crippen LogP contribution in [0.4, 0.5) is 0 Å². The summed E-state index contributed by atoms with van der Waals surface area (Å²) >= 11 is 5.92. The van der Waals surface area contributed by atoms with E-state index >= 15 is 0 Å². The topological polar surface area (TPSA) is 56.6 Å². The molecular formula is C17H18ClN3O3. The number of hydrogen-bond donors (Lipinski definition) is 0. The second-order valence-corrected chi connectivity index (χ2v) is 6.51. The van der Waals surface area contributed by atoms with Crippen LogP contribution in [-0.4, -0.2) is 46.9 Å². The summed E-state index contributed by atoms with van der Waals surface area (Å²) in [7, 11) is 0. The van der Waals surface area contributed by atoms with Gasteiger partial charge in [-0.05, 0) is 24.1 Å². The quantitative estimate of drug-likeness (QED) is 0.855. The Kier molecular flexibility index (Phi) is 4.06. The van der Waals surface area contributed by atoms with E-state index < -0.39 is 0 Å². The molecule has 24 heavy (non-hydrogen) atoms. The number of carbonyl (C=O) groups is 1. The number of halogens is 1. The third-order valence-corrected chi connectivity index (χ3v) is 4.62. The highest BCUT2D eigenvalue weighted by atomic mass is 35.5. The van der Waals surface area contributed by atoms with Crippen molar-refractivity contribution in [1.82, 2.24) is 14.7 Å². The number of rotatable bonds is 3. The first-order valence-electron chi connectivity index (χ1n) is 8.05. The zero-order valence-corrected chi connectivity index (χ0v) is 13.9. The Morgan fingerprint density at radius 1 is 1.29 bits per heavy atom. The molecule has 1 amide bonds. The van der Waals surface area contributed by atoms with Gasteiger partial charge < -0.3 is 14.4 Å². The van der Waals surface area contributed by atoms with Crippen LogP contribution in [0.5, 0.6) is 11.5 Å². The van der Waals surface area contributed by atoms with Crippen molar-refractivity contribution < 1.29 is 14.3 Å². The molecule has 0 radical (unpaired) electrons. The standard InChI is InChI=1S/C17H18ClN3O3/c18-13-9-19-21(10-13)14-3-4-20(11-14)17(22)8-12-1-2-15-16(7-12)24-6-5-23-15/h1-2,7,9-10,14H,3-6,8,11H2. The molecule has 1 aromatic carbocycles. The molecule has 0 N–H and O–H groups in total. The van der Waals surface area contributed by atoms with E-state index in [1.807, 2.05) is 27.8 Å². The summed E-state index contributed by atoms with van der Waals surface area (Å²) in [5.74, 6) is 1.58. The van der Waals surface area contributed by atoms with Crippen LogP contribution in [0, 0.1) is 0 Å². The van der Waals surface area contributed by atoms with E-state index in [9.17, 15) is 4.79 Å². The number of fused-ring (bicyclic) bond motifs is 1. The fourth-order valence-corrected chi connectivity index (χ4v) is 3.33. The number of likely N-dealkylation sites (tertiary alicyclic amines) is 1. The van der Waals surface area contributed by atoms with Gasteiger partial charge in [0.2, 0.25) is 5.91 Å². The van der Waals surface area contributed by atoms with Crippen LogP contribution in [0.25, 0.3) is 0 Å². The van der Waals surface area contributed by atoms with Crippen molar-refractivity contribution in [3.8, 4) is 11.5 Å². The van der Waals surface area contributed by atoms with Crippen LogP contribution >= 0.6 is 11.6 Å². The maximum absolute atomic E-state index is 12.6. The minimum atomic E-state index is 0.118. The van der Waals surface area contributed by atoms with E-state index in [0.29, 0.717) is 31.2 Å². The largest absolute Gasteiger partial charge is 0.486 e. The van der Waals surface area contributed by atoms with Crippen molar-refractivity contribution >= 4 is 17.5 Å². The lowest BCUT2D eigenvalue weighted by Crippen LogP contribution is -2.30. The fourth-order valence-electron chi connectivity index (χ4n) is 3.18. The number of aromatic nitrogens is 2. The molecule has 2 aliphatic heterocycles. The van der Waals surface area contributed by atoms with Gasteiger partial charge in [-0.15, -0.1) is 0 Å². The van der Waals surface area contributed by atoms with Gasteiger partial charge >= 0.3 is 0 Å². The van der Waals surface area contributed by atoms with E-state index in [1.54, 1.807) is 12.4 Å². The van der Waals surface area contributed by atoms with E-state index in [2.05, 4.69) is 5.10 Å². The molecule has 7 heteroatoms. The molecule has 0 saturated carbocycles. The monoisotopic (exact) mass is 347 g/mol. The smallest absolute Gasteiger partial charge is 0.227 e. The maximum Gasteiger partial charge on any atom is 0.227 e. The molecule has 4 rings (SSSR count). The number of benzene rings is 1. The Morgan fingerprint density at radius 2 is 2.12 bits per heavy atom. The predicted molar refractivity (Wildman–Crippen MR) is 88.6 cm³/mol. The van der Waals surface area contributed by atoms with Crippen LogP contribution < -0.4 is 9.47 Å². The lowest BCUT2D eigenvalue weighted by molar-refractivity contribution is -0.129. The third-order valence-electron chi connectivity index (χ3n) is 4.42. The van der Waals surface area contributed by atoms with Crippen molar-refractivity contribution in [3.63, 3.8) is 0 Å². The number of hydrogen-bond acceptors (Lipinski definition) is 4. The highest BCUT2D eigenvalue weighted by Gasteiger charge is 2.28. The van der Waals surface area contributed by atoms with E-state index in [-0.39, 0.29) is 11.9 Å². The Balaban J connectivity index is 1.40. The molecule has 6 nitrogen and oxygen atoms in total. The molecule has 1 aromatic heterocycles. The normalized spacial score (nSPS) is 19.5. The van der Waals surface area contributed by atoms with E-state index in [4.69, 9.17) is 21.1 Å². The molecule has 0 aliphatic carbocycles. The van der Waals surface area contributed by atoms with E-state index in [0.717, 1.165) is 30.0 Å². The molecule has 3 heterocycles. The number of amides is 1. The second kappa shape index (κ2) is 6.36. The molecule has 126 valence electrons. The summed E-state index contributed by atoms with van der Waals surface area (Å²) in [5, 5.41) is 4.86. The van der Waals surface area contributed by atoms with Gasteiger partial charge in [0, 0.05) is 19.3 Å². The fraction of sp³-hybridized carbons (Fsp3) is 0.412. The van der Waals surface area contributed by atoms with Gasteiger partial charge in [-0.3, -0.25) is 9.48 Å². The van der Waals surface area contributed by atoms with Crippen molar-refractivity contribution in [1.29, 1.82) is 0 Å². The molecule has 0 bridgehead atoms. The summed E-state index contributed by atoms with van der Waals surface area (Å²) < 4.78 is 12.9. The van der Waals surface area contributed by atoms with Crippen molar-refractivity contribution in [2.24, 2.45) is 0 Å². The lowest BCUT2D eigenvalue weighted by atomic mass is 10.1. The average Bonchev–Trinajstić information content (AvgIpc) is 3.23. The number of ether oxygens (including phenoxy) is 2. The maximum atomic E-state index is 12.6. The van der Waals surface area contributed by atoms with Gasteiger partial charge in [-0.1, -0.05) is 17.7 Å². The molecule has 2 aliphatic rings. The average molecular weight is 348 g/mol. The molecule has 1 atom stereocenters. The Bertz CT molecular complexity index is 761. The lowest BCUT2D eigenvalue weighted by Gasteiger charge is -2.20. The highest BCUT2D eigenvalue weighted by Crippen LogP contribution is 2.31. The second-order valence-electron chi connectivity index (χ2n) is 6.08. The summed E-state index contributed by atoms with van der Waals surface area (Å²) in [6.45, 7) is 2.52. The molecule has 0 spiro atoms. The summed E-state index contributed by atoms with van der Waals surface area (Å²) in [5.41, 5.74) is 0.940. The van der Waals surface area contributed by atoms with Crippen molar-refractivity contribution in [2.45, 2.75) is 18.9 Å². The molecule has 1 saturated heterocycles. The number of carbonyl (C=O) groups excluding carboxylic acids is 1. The summed E-state index contributed by atoms with van der Waals surface area (Å²) in [6, 6.07) is 5.89. The van der Waals surface area contributed by atoms with Gasteiger partial charge in [0.1, 0.15) is 13.2 Å². The highest BCUT2D eigenvalue weighted by molar-refractivity contribution is 6.30. The first-order chi connectivity index (χ1) is 11.7. The van der Waals surface area contributed by atoms with Crippen LogP contribution in [0.1, 0.15) is 18.0 Å². The molecule has 2 aromatic rings. The van der Waals surface area contributed by atoms with Gasteiger partial charge in [-0.2, -0.15) is 5.10 Å². The molecular weight excluding hydrogens is 330 g/mol. The van der Waals surface area contributed by atoms with Gasteiger partial charge in [0.15, 0.2) is 11.5 Å². The first-order valence-corrected chi connectivity index (χ1v) is 8.43. The van der Waals surface area contributed by atoms with Crippen LogP contribution in [0.2, 0.25) is 5.02 Å². The van der Waals surface area contributed by atoms with Crippen LogP contribution in [0.15, 0.2) is 30.6 Å².